The van der Waals surface area contributed by atoms with E-state index in [0.717, 1.165) is 28.2 Å². The monoisotopic (exact) mass is 367 g/mol. The molecule has 0 unspecified atom stereocenters. The molecule has 0 radical (unpaired) electrons. The molecule has 130 valence electrons. The van der Waals surface area contributed by atoms with Gasteiger partial charge in [-0.3, -0.25) is 0 Å². The van der Waals surface area contributed by atoms with Crippen LogP contribution in [0.4, 0.5) is 0 Å². The van der Waals surface area contributed by atoms with Crippen LogP contribution in [0.3, 0.4) is 0 Å². The van der Waals surface area contributed by atoms with Crippen LogP contribution in [0.1, 0.15) is 29.9 Å². The first-order valence-electron chi connectivity index (χ1n) is 7.90. The zero-order chi connectivity index (χ0) is 17.3. The van der Waals surface area contributed by atoms with Crippen molar-refractivity contribution in [1.82, 2.24) is 4.72 Å². The molecule has 1 aromatic heterocycles. The molecule has 2 heterocycles. The van der Waals surface area contributed by atoms with Crippen molar-refractivity contribution in [3.63, 3.8) is 0 Å². The third-order valence-corrected chi connectivity index (χ3v) is 6.71. The molecule has 2 aromatic rings. The molecule has 0 aliphatic carbocycles. The summed E-state index contributed by atoms with van der Waals surface area (Å²) in [5.41, 5.74) is 1.88. The largest absolute Gasteiger partial charge is 0.494 e. The van der Waals surface area contributed by atoms with Crippen molar-refractivity contribution < 1.29 is 17.9 Å². The molecule has 0 saturated heterocycles. The Morgan fingerprint density at radius 3 is 2.83 bits per heavy atom. The average Bonchev–Trinajstić information content (AvgIpc) is 3.10. The van der Waals surface area contributed by atoms with Gasteiger partial charge in [-0.05, 0) is 45.0 Å². The van der Waals surface area contributed by atoms with Crippen LogP contribution in [0.2, 0.25) is 0 Å². The van der Waals surface area contributed by atoms with E-state index in [0.29, 0.717) is 16.6 Å². The maximum atomic E-state index is 12.4. The molecule has 1 N–H and O–H groups in total. The quantitative estimate of drug-likeness (QED) is 0.851. The standard InChI is InChI=1S/C17H21NO4S2/c1-4-21-15-8-13-7-11(2)22-16(13)9-14(15)10-18-24(19,20)17-6-5-12(3)23-17/h5-6,8-9,11,18H,4,7,10H2,1-3H3/t11-/m0/s1. The summed E-state index contributed by atoms with van der Waals surface area (Å²) in [6.45, 7) is 6.51. The van der Waals surface area contributed by atoms with E-state index >= 15 is 0 Å². The van der Waals surface area contributed by atoms with Crippen LogP contribution in [-0.2, 0) is 23.0 Å². The van der Waals surface area contributed by atoms with E-state index in [2.05, 4.69) is 4.72 Å². The summed E-state index contributed by atoms with van der Waals surface area (Å²) < 4.78 is 39.2. The van der Waals surface area contributed by atoms with E-state index < -0.39 is 10.0 Å². The summed E-state index contributed by atoms with van der Waals surface area (Å²) in [7, 11) is -3.52. The number of nitrogens with one attached hydrogen (secondary N) is 1. The summed E-state index contributed by atoms with van der Waals surface area (Å²) in [5, 5.41) is 0. The maximum absolute atomic E-state index is 12.4. The highest BCUT2D eigenvalue weighted by molar-refractivity contribution is 7.91. The van der Waals surface area contributed by atoms with Crippen LogP contribution >= 0.6 is 11.3 Å². The third kappa shape index (κ3) is 3.58. The fraction of sp³-hybridized carbons (Fsp3) is 0.412. The van der Waals surface area contributed by atoms with Crippen LogP contribution in [0, 0.1) is 6.92 Å². The third-order valence-electron chi connectivity index (χ3n) is 3.81. The number of hydrogen-bond donors (Lipinski definition) is 1. The Morgan fingerprint density at radius 2 is 2.17 bits per heavy atom. The van der Waals surface area contributed by atoms with Crippen LogP contribution < -0.4 is 14.2 Å². The molecule has 3 rings (SSSR count). The lowest BCUT2D eigenvalue weighted by molar-refractivity contribution is 0.254. The van der Waals surface area contributed by atoms with Crippen molar-refractivity contribution >= 4 is 21.4 Å². The van der Waals surface area contributed by atoms with Crippen molar-refractivity contribution in [1.29, 1.82) is 0 Å². The summed E-state index contributed by atoms with van der Waals surface area (Å²) in [6.07, 6.45) is 0.978. The van der Waals surface area contributed by atoms with Crippen LogP contribution in [0.25, 0.3) is 0 Å². The van der Waals surface area contributed by atoms with Crippen molar-refractivity contribution in [3.8, 4) is 11.5 Å². The molecule has 0 amide bonds. The fourth-order valence-electron chi connectivity index (χ4n) is 2.71. The Labute approximate surface area is 146 Å². The number of benzene rings is 1. The fourth-order valence-corrected chi connectivity index (χ4v) is 5.04. The van der Waals surface area contributed by atoms with Gasteiger partial charge in [0, 0.05) is 29.0 Å². The van der Waals surface area contributed by atoms with E-state index in [4.69, 9.17) is 9.47 Å². The van der Waals surface area contributed by atoms with Gasteiger partial charge in [-0.1, -0.05) is 0 Å². The van der Waals surface area contributed by atoms with Gasteiger partial charge >= 0.3 is 0 Å². The molecule has 0 saturated carbocycles. The molecule has 1 aliphatic heterocycles. The predicted molar refractivity (Wildman–Crippen MR) is 94.5 cm³/mol. The molecular formula is C17H21NO4S2. The molecule has 7 heteroatoms. The van der Waals surface area contributed by atoms with E-state index in [1.807, 2.05) is 32.9 Å². The zero-order valence-corrected chi connectivity index (χ0v) is 15.6. The van der Waals surface area contributed by atoms with E-state index in [1.54, 1.807) is 12.1 Å². The van der Waals surface area contributed by atoms with Crippen molar-refractivity contribution in [2.45, 2.75) is 44.0 Å². The van der Waals surface area contributed by atoms with Gasteiger partial charge in [0.25, 0.3) is 0 Å². The van der Waals surface area contributed by atoms with Crippen LogP contribution in [-0.4, -0.2) is 21.1 Å². The summed E-state index contributed by atoms with van der Waals surface area (Å²) >= 11 is 1.26. The van der Waals surface area contributed by atoms with Gasteiger partial charge in [-0.25, -0.2) is 13.1 Å². The number of aryl methyl sites for hydroxylation is 1. The summed E-state index contributed by atoms with van der Waals surface area (Å²) in [5.74, 6) is 1.52. The van der Waals surface area contributed by atoms with Gasteiger partial charge in [-0.15, -0.1) is 11.3 Å². The molecule has 1 atom stereocenters. The van der Waals surface area contributed by atoms with E-state index in [9.17, 15) is 8.42 Å². The van der Waals surface area contributed by atoms with Gasteiger partial charge in [0.1, 0.15) is 21.8 Å². The number of ether oxygens (including phenoxy) is 2. The lowest BCUT2D eigenvalue weighted by Crippen LogP contribution is -2.22. The first-order valence-corrected chi connectivity index (χ1v) is 10.2. The van der Waals surface area contributed by atoms with Gasteiger partial charge in [-0.2, -0.15) is 0 Å². The van der Waals surface area contributed by atoms with Gasteiger partial charge < -0.3 is 9.47 Å². The molecule has 5 nitrogen and oxygen atoms in total. The number of rotatable bonds is 6. The number of hydrogen-bond acceptors (Lipinski definition) is 5. The van der Waals surface area contributed by atoms with Gasteiger partial charge in [0.15, 0.2) is 0 Å². The minimum atomic E-state index is -3.52. The number of fused-ring (bicyclic) bond motifs is 1. The maximum Gasteiger partial charge on any atom is 0.250 e. The zero-order valence-electron chi connectivity index (χ0n) is 14.0. The Balaban J connectivity index is 1.83. The first-order chi connectivity index (χ1) is 11.4. The number of thiophene rings is 1. The van der Waals surface area contributed by atoms with Crippen molar-refractivity contribution in [2.24, 2.45) is 0 Å². The molecule has 0 spiro atoms. The lowest BCUT2D eigenvalue weighted by atomic mass is 10.1. The molecule has 0 fully saturated rings. The highest BCUT2D eigenvalue weighted by Crippen LogP contribution is 2.35. The predicted octanol–water partition coefficient (Wildman–Crippen LogP) is 3.26. The Bertz CT molecular complexity index is 842. The Hall–Kier alpha value is -1.57. The van der Waals surface area contributed by atoms with Crippen LogP contribution in [0.15, 0.2) is 28.5 Å². The first kappa shape index (κ1) is 17.3. The number of sulfonamides is 1. The second-order valence-electron chi connectivity index (χ2n) is 5.82. The molecular weight excluding hydrogens is 346 g/mol. The highest BCUT2D eigenvalue weighted by Gasteiger charge is 2.23. The lowest BCUT2D eigenvalue weighted by Gasteiger charge is -2.13. The SMILES string of the molecule is CCOc1cc2c(cc1CNS(=O)(=O)c1ccc(C)s1)O[C@@H](C)C2. The van der Waals surface area contributed by atoms with Gasteiger partial charge in [0.05, 0.1) is 6.61 Å². The smallest absolute Gasteiger partial charge is 0.250 e. The molecule has 1 aliphatic rings. The Morgan fingerprint density at radius 1 is 1.38 bits per heavy atom. The van der Waals surface area contributed by atoms with E-state index in [1.165, 1.54) is 11.3 Å². The van der Waals surface area contributed by atoms with Crippen LogP contribution in [0.5, 0.6) is 11.5 Å². The normalized spacial score (nSPS) is 16.7. The molecule has 0 bridgehead atoms. The topological polar surface area (TPSA) is 64.6 Å². The second-order valence-corrected chi connectivity index (χ2v) is 9.10. The van der Waals surface area contributed by atoms with Crippen molar-refractivity contribution in [3.05, 3.63) is 40.3 Å². The minimum absolute atomic E-state index is 0.135. The van der Waals surface area contributed by atoms with E-state index in [-0.39, 0.29) is 12.6 Å². The minimum Gasteiger partial charge on any atom is -0.494 e. The Kier molecular flexibility index (Phi) is 4.85. The highest BCUT2D eigenvalue weighted by atomic mass is 32.2. The average molecular weight is 367 g/mol. The second kappa shape index (κ2) is 6.74. The van der Waals surface area contributed by atoms with Crippen molar-refractivity contribution in [2.75, 3.05) is 6.61 Å². The molecule has 1 aromatic carbocycles. The van der Waals surface area contributed by atoms with Gasteiger partial charge in [0.2, 0.25) is 10.0 Å². The molecule has 24 heavy (non-hydrogen) atoms. The summed E-state index contributed by atoms with van der Waals surface area (Å²) in [6, 6.07) is 7.27. The summed E-state index contributed by atoms with van der Waals surface area (Å²) in [4.78, 5) is 0.963.